The molecule has 0 saturated carbocycles. The van der Waals surface area contributed by atoms with Crippen molar-refractivity contribution in [1.82, 2.24) is 4.98 Å². The van der Waals surface area contributed by atoms with Gasteiger partial charge in [-0.25, -0.2) is 4.98 Å². The van der Waals surface area contributed by atoms with E-state index >= 15 is 0 Å². The lowest BCUT2D eigenvalue weighted by atomic mass is 10.0. The number of oxazole rings is 1. The fraction of sp³-hybridized carbons (Fsp3) is 0.190. The van der Waals surface area contributed by atoms with Crippen LogP contribution in [0.15, 0.2) is 59.2 Å². The topological polar surface area (TPSA) is 119 Å². The maximum atomic E-state index is 12.7. The van der Waals surface area contributed by atoms with Crippen LogP contribution in [-0.4, -0.2) is 33.7 Å². The largest absolute Gasteiger partial charge is 0.485 e. The number of aliphatic carboxylic acids is 2. The Balaban J connectivity index is 1.83. The third-order valence-electron chi connectivity index (χ3n) is 4.21. The molecule has 10 heteroatoms. The Morgan fingerprint density at radius 3 is 2.39 bits per heavy atom. The van der Waals surface area contributed by atoms with E-state index in [0.29, 0.717) is 5.56 Å². The molecule has 0 unspecified atom stereocenters. The molecule has 2 aromatic carbocycles. The van der Waals surface area contributed by atoms with E-state index in [1.165, 1.54) is 18.2 Å². The number of nitrogens with zero attached hydrogens (tertiary/aromatic N) is 1. The van der Waals surface area contributed by atoms with Gasteiger partial charge in [-0.2, -0.15) is 8.78 Å². The van der Waals surface area contributed by atoms with Gasteiger partial charge in [0, 0.05) is 12.0 Å². The highest BCUT2D eigenvalue weighted by molar-refractivity contribution is 5.93. The summed E-state index contributed by atoms with van der Waals surface area (Å²) in [6.07, 6.45) is 0.764. The van der Waals surface area contributed by atoms with Crippen LogP contribution in [0.1, 0.15) is 11.3 Å². The summed E-state index contributed by atoms with van der Waals surface area (Å²) in [5.41, 5.74) is 1.27. The van der Waals surface area contributed by atoms with Crippen LogP contribution in [0, 0.1) is 5.92 Å². The number of carbonyl (C=O) groups is 2. The van der Waals surface area contributed by atoms with Crippen molar-refractivity contribution in [3.05, 3.63) is 66.1 Å². The molecule has 0 amide bonds. The average molecular weight is 433 g/mol. The molecule has 8 nitrogen and oxygen atoms in total. The summed E-state index contributed by atoms with van der Waals surface area (Å²) in [6, 6.07) is 13.1. The molecule has 0 atom stereocenters. The zero-order chi connectivity index (χ0) is 22.4. The SMILES string of the molecule is O=C(O)C(Cc1coc(-c2ccc(OC(F)F)c(OCc3ccccc3)c2)n1)C(=O)O. The third-order valence-corrected chi connectivity index (χ3v) is 4.21. The second kappa shape index (κ2) is 9.70. The molecule has 1 aromatic heterocycles. The lowest BCUT2D eigenvalue weighted by Crippen LogP contribution is -2.25. The van der Waals surface area contributed by atoms with E-state index in [-0.39, 0.29) is 36.1 Å². The van der Waals surface area contributed by atoms with Crippen molar-refractivity contribution < 1.29 is 42.5 Å². The monoisotopic (exact) mass is 433 g/mol. The molecule has 2 N–H and O–H groups in total. The number of hydrogen-bond acceptors (Lipinski definition) is 6. The van der Waals surface area contributed by atoms with Crippen LogP contribution < -0.4 is 9.47 Å². The minimum Gasteiger partial charge on any atom is -0.485 e. The Bertz CT molecular complexity index is 1040. The molecule has 1 heterocycles. The molecule has 0 saturated heterocycles. The highest BCUT2D eigenvalue weighted by Gasteiger charge is 2.27. The van der Waals surface area contributed by atoms with Crippen LogP contribution in [0.2, 0.25) is 0 Å². The maximum Gasteiger partial charge on any atom is 0.387 e. The van der Waals surface area contributed by atoms with Crippen molar-refractivity contribution in [3.8, 4) is 23.0 Å². The number of aromatic nitrogens is 1. The summed E-state index contributed by atoms with van der Waals surface area (Å²) in [4.78, 5) is 26.2. The lowest BCUT2D eigenvalue weighted by Gasteiger charge is -2.13. The van der Waals surface area contributed by atoms with E-state index in [1.54, 1.807) is 12.1 Å². The van der Waals surface area contributed by atoms with E-state index < -0.39 is 24.5 Å². The first kappa shape index (κ1) is 21.8. The fourth-order valence-electron chi connectivity index (χ4n) is 2.71. The molecular formula is C21H17F2NO7. The summed E-state index contributed by atoms with van der Waals surface area (Å²) < 4.78 is 40.9. The van der Waals surface area contributed by atoms with Gasteiger partial charge in [-0.1, -0.05) is 30.3 Å². The van der Waals surface area contributed by atoms with Crippen molar-refractivity contribution in [3.63, 3.8) is 0 Å². The highest BCUT2D eigenvalue weighted by atomic mass is 19.3. The summed E-state index contributed by atoms with van der Waals surface area (Å²) in [7, 11) is 0. The van der Waals surface area contributed by atoms with Gasteiger partial charge in [-0.3, -0.25) is 9.59 Å². The molecule has 0 aliphatic heterocycles. The molecule has 3 aromatic rings. The minimum atomic E-state index is -3.05. The molecule has 162 valence electrons. The van der Waals surface area contributed by atoms with Crippen molar-refractivity contribution in [2.75, 3.05) is 0 Å². The smallest absolute Gasteiger partial charge is 0.387 e. The molecule has 31 heavy (non-hydrogen) atoms. The van der Waals surface area contributed by atoms with E-state index in [0.717, 1.165) is 11.8 Å². The predicted octanol–water partition coefficient (Wildman–Crippen LogP) is 3.85. The van der Waals surface area contributed by atoms with Gasteiger partial charge >= 0.3 is 18.6 Å². The van der Waals surface area contributed by atoms with Gasteiger partial charge < -0.3 is 24.1 Å². The number of hydrogen-bond donors (Lipinski definition) is 2. The van der Waals surface area contributed by atoms with Gasteiger partial charge in [-0.15, -0.1) is 0 Å². The molecule has 3 rings (SSSR count). The zero-order valence-electron chi connectivity index (χ0n) is 15.9. The number of rotatable bonds is 10. The first-order valence-electron chi connectivity index (χ1n) is 8.99. The van der Waals surface area contributed by atoms with Crippen LogP contribution in [0.25, 0.3) is 11.5 Å². The molecular weight excluding hydrogens is 416 g/mol. The van der Waals surface area contributed by atoms with E-state index in [9.17, 15) is 18.4 Å². The Morgan fingerprint density at radius 2 is 1.74 bits per heavy atom. The summed E-state index contributed by atoms with van der Waals surface area (Å²) in [5.74, 6) is -4.79. The van der Waals surface area contributed by atoms with Crippen molar-refractivity contribution >= 4 is 11.9 Å². The molecule has 0 bridgehead atoms. The van der Waals surface area contributed by atoms with Gasteiger partial charge in [0.1, 0.15) is 12.9 Å². The number of halogens is 2. The normalized spacial score (nSPS) is 11.0. The van der Waals surface area contributed by atoms with Crippen molar-refractivity contribution in [2.45, 2.75) is 19.6 Å². The van der Waals surface area contributed by atoms with E-state index in [1.807, 2.05) is 18.2 Å². The van der Waals surface area contributed by atoms with Crippen molar-refractivity contribution in [2.24, 2.45) is 5.92 Å². The van der Waals surface area contributed by atoms with Gasteiger partial charge in [0.15, 0.2) is 17.4 Å². The predicted molar refractivity (Wildman–Crippen MR) is 102 cm³/mol. The molecule has 0 aliphatic rings. The van der Waals surface area contributed by atoms with Crippen LogP contribution in [-0.2, 0) is 22.6 Å². The van der Waals surface area contributed by atoms with Crippen LogP contribution >= 0.6 is 0 Å². The molecule has 0 fully saturated rings. The van der Waals surface area contributed by atoms with Crippen molar-refractivity contribution in [1.29, 1.82) is 0 Å². The quantitative estimate of drug-likeness (QED) is 0.463. The van der Waals surface area contributed by atoms with Gasteiger partial charge in [-0.05, 0) is 23.8 Å². The van der Waals surface area contributed by atoms with E-state index in [4.69, 9.17) is 19.4 Å². The highest BCUT2D eigenvalue weighted by Crippen LogP contribution is 2.34. The number of carboxylic acid groups (broad SMARTS) is 2. The molecule has 0 aliphatic carbocycles. The lowest BCUT2D eigenvalue weighted by molar-refractivity contribution is -0.154. The average Bonchev–Trinajstić information content (AvgIpc) is 3.20. The molecule has 0 spiro atoms. The number of ether oxygens (including phenoxy) is 2. The van der Waals surface area contributed by atoms with Gasteiger partial charge in [0.05, 0.1) is 5.69 Å². The van der Waals surface area contributed by atoms with Gasteiger partial charge in [0.2, 0.25) is 5.89 Å². The zero-order valence-corrected chi connectivity index (χ0v) is 15.9. The summed E-state index contributed by atoms with van der Waals surface area (Å²) in [6.45, 7) is -2.96. The second-order valence-corrected chi connectivity index (χ2v) is 6.39. The summed E-state index contributed by atoms with van der Waals surface area (Å²) in [5, 5.41) is 18.0. The van der Waals surface area contributed by atoms with Gasteiger partial charge in [0.25, 0.3) is 0 Å². The Hall–Kier alpha value is -3.95. The Labute approximate surface area is 174 Å². The van der Waals surface area contributed by atoms with Crippen LogP contribution in [0.5, 0.6) is 11.5 Å². The third kappa shape index (κ3) is 5.78. The summed E-state index contributed by atoms with van der Waals surface area (Å²) >= 11 is 0. The fourth-order valence-corrected chi connectivity index (χ4v) is 2.71. The standard InChI is InChI=1S/C21H17F2NO7/c22-21(23)31-16-7-6-13(8-17(16)29-10-12-4-2-1-3-5-12)18-24-14(11-30-18)9-15(19(25)26)20(27)28/h1-8,11,15,21H,9-10H2,(H,25,26)(H,27,28). The Kier molecular flexibility index (Phi) is 6.81. The number of benzene rings is 2. The number of alkyl halides is 2. The van der Waals surface area contributed by atoms with E-state index in [2.05, 4.69) is 9.72 Å². The Morgan fingerprint density at radius 1 is 1.03 bits per heavy atom. The molecule has 0 radical (unpaired) electrons. The number of carboxylic acids is 2. The first-order valence-corrected chi connectivity index (χ1v) is 8.99. The second-order valence-electron chi connectivity index (χ2n) is 6.39. The maximum absolute atomic E-state index is 12.7. The first-order chi connectivity index (χ1) is 14.8. The van der Waals surface area contributed by atoms with Crippen LogP contribution in [0.4, 0.5) is 8.78 Å². The minimum absolute atomic E-state index is 0.0235. The van der Waals surface area contributed by atoms with Crippen LogP contribution in [0.3, 0.4) is 0 Å².